The Labute approximate surface area is 123 Å². The summed E-state index contributed by atoms with van der Waals surface area (Å²) in [6, 6.07) is 13.9. The second kappa shape index (κ2) is 5.68. The first kappa shape index (κ1) is 13.2. The molecule has 0 fully saturated rings. The smallest absolute Gasteiger partial charge is 0.123 e. The van der Waals surface area contributed by atoms with Crippen molar-refractivity contribution in [3.63, 3.8) is 0 Å². The number of aromatic nitrogens is 1. The van der Waals surface area contributed by atoms with Crippen LogP contribution in [0.3, 0.4) is 0 Å². The minimum atomic E-state index is 0.585. The van der Waals surface area contributed by atoms with Crippen LogP contribution in [0.2, 0.25) is 0 Å². The van der Waals surface area contributed by atoms with Crippen LogP contribution in [0.15, 0.2) is 53.3 Å². The maximum atomic E-state index is 9.41. The molecule has 3 aromatic rings. The van der Waals surface area contributed by atoms with E-state index in [1.807, 2.05) is 36.4 Å². The summed E-state index contributed by atoms with van der Waals surface area (Å²) in [5, 5.41) is 10.4. The van der Waals surface area contributed by atoms with E-state index in [-0.39, 0.29) is 0 Å². The molecule has 0 amide bonds. The molecule has 0 radical (unpaired) electrons. The van der Waals surface area contributed by atoms with Gasteiger partial charge in [-0.1, -0.05) is 18.2 Å². The number of hydrogen-bond acceptors (Lipinski definition) is 4. The van der Waals surface area contributed by atoms with Crippen molar-refractivity contribution >= 4 is 16.6 Å². The van der Waals surface area contributed by atoms with Gasteiger partial charge in [0, 0.05) is 18.1 Å². The fourth-order valence-electron chi connectivity index (χ4n) is 2.49. The number of nitrogens with zero attached hydrogens (tertiary/aromatic N) is 3. The lowest BCUT2D eigenvalue weighted by Crippen LogP contribution is -2.23. The molecule has 2 heterocycles. The Morgan fingerprint density at radius 2 is 2.10 bits per heavy atom. The molecule has 0 aliphatic rings. The van der Waals surface area contributed by atoms with Crippen molar-refractivity contribution in [3.05, 3.63) is 60.2 Å². The molecule has 0 saturated heterocycles. The van der Waals surface area contributed by atoms with Crippen LogP contribution in [0.25, 0.3) is 10.9 Å². The third-order valence-corrected chi connectivity index (χ3v) is 3.49. The molecule has 0 spiro atoms. The summed E-state index contributed by atoms with van der Waals surface area (Å²) in [5.74, 6) is 0.877. The van der Waals surface area contributed by atoms with Crippen LogP contribution in [-0.4, -0.2) is 11.5 Å². The highest BCUT2D eigenvalue weighted by molar-refractivity contribution is 5.94. The first-order valence-electron chi connectivity index (χ1n) is 6.88. The highest BCUT2D eigenvalue weighted by Gasteiger charge is 2.15. The van der Waals surface area contributed by atoms with E-state index >= 15 is 0 Å². The first-order valence-corrected chi connectivity index (χ1v) is 6.88. The Morgan fingerprint density at radius 3 is 2.81 bits per heavy atom. The van der Waals surface area contributed by atoms with Gasteiger partial charge in [-0.05, 0) is 25.1 Å². The fraction of sp³-hybridized carbons (Fsp3) is 0.176. The van der Waals surface area contributed by atoms with Crippen LogP contribution in [-0.2, 0) is 6.54 Å². The Balaban J connectivity index is 2.14. The largest absolute Gasteiger partial charge is 0.467 e. The summed E-state index contributed by atoms with van der Waals surface area (Å²) in [5.41, 5.74) is 2.40. The van der Waals surface area contributed by atoms with Gasteiger partial charge < -0.3 is 9.32 Å². The lowest BCUT2D eigenvalue weighted by atomic mass is 10.1. The number of anilines is 1. The van der Waals surface area contributed by atoms with Gasteiger partial charge in [-0.15, -0.1) is 0 Å². The van der Waals surface area contributed by atoms with Crippen molar-refractivity contribution in [2.24, 2.45) is 0 Å². The van der Waals surface area contributed by atoms with Gasteiger partial charge >= 0.3 is 0 Å². The van der Waals surface area contributed by atoms with Crippen LogP contribution >= 0.6 is 0 Å². The zero-order chi connectivity index (χ0) is 14.7. The Hall–Kier alpha value is -2.80. The van der Waals surface area contributed by atoms with Crippen LogP contribution in [0.1, 0.15) is 18.2 Å². The van der Waals surface area contributed by atoms with Gasteiger partial charge in [-0.3, -0.25) is 4.98 Å². The number of hydrogen-bond donors (Lipinski definition) is 0. The van der Waals surface area contributed by atoms with Crippen molar-refractivity contribution in [3.8, 4) is 6.07 Å². The highest BCUT2D eigenvalue weighted by Crippen LogP contribution is 2.30. The predicted molar refractivity (Wildman–Crippen MR) is 81.9 cm³/mol. The Bertz CT molecular complexity index is 787. The molecule has 0 N–H and O–H groups in total. The molecular weight excluding hydrogens is 262 g/mol. The van der Waals surface area contributed by atoms with Crippen molar-refractivity contribution in [2.75, 3.05) is 11.4 Å². The van der Waals surface area contributed by atoms with Crippen molar-refractivity contribution in [2.45, 2.75) is 13.5 Å². The maximum Gasteiger partial charge on any atom is 0.123 e. The lowest BCUT2D eigenvalue weighted by molar-refractivity contribution is 0.504. The van der Waals surface area contributed by atoms with Crippen molar-refractivity contribution in [1.29, 1.82) is 5.26 Å². The van der Waals surface area contributed by atoms with E-state index in [0.29, 0.717) is 12.1 Å². The van der Waals surface area contributed by atoms with Gasteiger partial charge in [0.05, 0.1) is 29.6 Å². The highest BCUT2D eigenvalue weighted by atomic mass is 16.3. The second-order valence-electron chi connectivity index (χ2n) is 4.74. The molecule has 104 valence electrons. The molecule has 2 aromatic heterocycles. The average molecular weight is 277 g/mol. The molecule has 3 rings (SSSR count). The number of furan rings is 1. The summed E-state index contributed by atoms with van der Waals surface area (Å²) < 4.78 is 5.43. The quantitative estimate of drug-likeness (QED) is 0.729. The molecule has 0 saturated carbocycles. The van der Waals surface area contributed by atoms with Crippen molar-refractivity contribution in [1.82, 2.24) is 4.98 Å². The molecule has 0 bridgehead atoms. The van der Waals surface area contributed by atoms with E-state index in [1.54, 1.807) is 12.5 Å². The van der Waals surface area contributed by atoms with Crippen LogP contribution in [0.5, 0.6) is 0 Å². The number of fused-ring (bicyclic) bond motifs is 1. The third-order valence-electron chi connectivity index (χ3n) is 3.49. The number of benzene rings is 1. The topological polar surface area (TPSA) is 53.1 Å². The zero-order valence-electron chi connectivity index (χ0n) is 11.8. The van der Waals surface area contributed by atoms with E-state index in [1.165, 1.54) is 0 Å². The number of nitriles is 1. The molecule has 0 unspecified atom stereocenters. The molecule has 0 aliphatic carbocycles. The Kier molecular flexibility index (Phi) is 3.57. The van der Waals surface area contributed by atoms with Gasteiger partial charge in [-0.25, -0.2) is 0 Å². The average Bonchev–Trinajstić information content (AvgIpc) is 3.04. The fourth-order valence-corrected chi connectivity index (χ4v) is 2.49. The van der Waals surface area contributed by atoms with Gasteiger partial charge in [0.1, 0.15) is 11.8 Å². The summed E-state index contributed by atoms with van der Waals surface area (Å²) in [7, 11) is 0. The molecular formula is C17H15N3O. The molecule has 0 aliphatic heterocycles. The van der Waals surface area contributed by atoms with Gasteiger partial charge in [-0.2, -0.15) is 5.26 Å². The number of pyridine rings is 1. The van der Waals surface area contributed by atoms with E-state index in [4.69, 9.17) is 4.42 Å². The number of rotatable bonds is 4. The van der Waals surface area contributed by atoms with Crippen LogP contribution < -0.4 is 4.90 Å². The van der Waals surface area contributed by atoms with Crippen LogP contribution in [0, 0.1) is 11.3 Å². The number of para-hydroxylation sites is 1. The van der Waals surface area contributed by atoms with E-state index in [9.17, 15) is 5.26 Å². The molecule has 4 heteroatoms. The normalized spacial score (nSPS) is 10.5. The second-order valence-corrected chi connectivity index (χ2v) is 4.74. The SMILES string of the molecule is CCN(Cc1ccco1)c1c(C#N)cnc2ccccc12. The predicted octanol–water partition coefficient (Wildman–Crippen LogP) is 3.73. The van der Waals surface area contributed by atoms with Gasteiger partial charge in [0.2, 0.25) is 0 Å². The summed E-state index contributed by atoms with van der Waals surface area (Å²) >= 11 is 0. The minimum Gasteiger partial charge on any atom is -0.467 e. The Morgan fingerprint density at radius 1 is 1.24 bits per heavy atom. The third kappa shape index (κ3) is 2.46. The first-order chi connectivity index (χ1) is 10.3. The maximum absolute atomic E-state index is 9.41. The molecule has 0 atom stereocenters. The molecule has 4 nitrogen and oxygen atoms in total. The summed E-state index contributed by atoms with van der Waals surface area (Å²) in [6.07, 6.45) is 3.31. The van der Waals surface area contributed by atoms with E-state index < -0.39 is 0 Å². The molecule has 21 heavy (non-hydrogen) atoms. The van der Waals surface area contributed by atoms with E-state index in [0.717, 1.165) is 28.9 Å². The van der Waals surface area contributed by atoms with Gasteiger partial charge in [0.15, 0.2) is 0 Å². The van der Waals surface area contributed by atoms with E-state index in [2.05, 4.69) is 22.9 Å². The standard InChI is InChI=1S/C17H15N3O/c1-2-20(12-14-6-5-9-21-14)17-13(10-18)11-19-16-8-4-3-7-15(16)17/h3-9,11H,2,12H2,1H3. The summed E-state index contributed by atoms with van der Waals surface area (Å²) in [4.78, 5) is 6.49. The van der Waals surface area contributed by atoms with Gasteiger partial charge in [0.25, 0.3) is 0 Å². The lowest BCUT2D eigenvalue weighted by Gasteiger charge is -2.24. The monoisotopic (exact) mass is 277 g/mol. The van der Waals surface area contributed by atoms with Crippen molar-refractivity contribution < 1.29 is 4.42 Å². The minimum absolute atomic E-state index is 0.585. The summed E-state index contributed by atoms with van der Waals surface area (Å²) in [6.45, 7) is 3.48. The zero-order valence-corrected chi connectivity index (χ0v) is 11.8. The van der Waals surface area contributed by atoms with Crippen LogP contribution in [0.4, 0.5) is 5.69 Å². The molecule has 1 aromatic carbocycles.